The summed E-state index contributed by atoms with van der Waals surface area (Å²) >= 11 is 0. The van der Waals surface area contributed by atoms with Crippen LogP contribution in [0, 0.1) is 0 Å². The third-order valence-electron chi connectivity index (χ3n) is 2.76. The Hall–Kier alpha value is -2.47. The maximum absolute atomic E-state index is 11.6. The molecule has 0 aliphatic carbocycles. The summed E-state index contributed by atoms with van der Waals surface area (Å²) in [4.78, 5) is 20.0. The van der Waals surface area contributed by atoms with Crippen LogP contribution in [0.5, 0.6) is 0 Å². The summed E-state index contributed by atoms with van der Waals surface area (Å²) < 4.78 is 9.90. The van der Waals surface area contributed by atoms with E-state index in [1.807, 2.05) is 30.3 Å². The van der Waals surface area contributed by atoms with Crippen molar-refractivity contribution in [2.45, 2.75) is 13.2 Å². The van der Waals surface area contributed by atoms with Gasteiger partial charge in [-0.3, -0.25) is 0 Å². The molecule has 0 aliphatic heterocycles. The van der Waals surface area contributed by atoms with Gasteiger partial charge in [0.25, 0.3) is 0 Å². The number of nitrogens with one attached hydrogen (secondary N) is 1. The third kappa shape index (κ3) is 4.00. The topological polar surface area (TPSA) is 73.3 Å². The summed E-state index contributed by atoms with van der Waals surface area (Å²) in [6, 6.07) is 9.79. The van der Waals surface area contributed by atoms with E-state index in [0.29, 0.717) is 5.95 Å². The minimum Gasteiger partial charge on any atom is -0.463 e. The van der Waals surface area contributed by atoms with Crippen LogP contribution in [0.25, 0.3) is 11.1 Å². The average molecular weight is 287 g/mol. The molecule has 0 aliphatic rings. The van der Waals surface area contributed by atoms with Crippen molar-refractivity contribution in [3.63, 3.8) is 0 Å². The fourth-order valence-corrected chi connectivity index (χ4v) is 1.73. The highest BCUT2D eigenvalue weighted by molar-refractivity contribution is 5.77. The molecule has 6 nitrogen and oxygen atoms in total. The second-order valence-corrected chi connectivity index (χ2v) is 4.17. The molecule has 2 aromatic rings. The number of nitrogens with zero attached hydrogens (tertiary/aromatic N) is 2. The van der Waals surface area contributed by atoms with Gasteiger partial charge in [0.1, 0.15) is 0 Å². The fourth-order valence-electron chi connectivity index (χ4n) is 1.73. The molecule has 0 radical (unpaired) electrons. The molecule has 110 valence electrons. The SMILES string of the molecule is CCOC(=O)C(Nc1ncc(-c2ccccc2)cn1)OC. The first kappa shape index (κ1) is 14.9. The molecule has 1 aromatic carbocycles. The zero-order valence-corrected chi connectivity index (χ0v) is 11.9. The molecule has 0 bridgehead atoms. The maximum atomic E-state index is 11.6. The number of anilines is 1. The van der Waals surface area contributed by atoms with Crippen molar-refractivity contribution < 1.29 is 14.3 Å². The van der Waals surface area contributed by atoms with Gasteiger partial charge in [-0.1, -0.05) is 30.3 Å². The number of hydrogen-bond donors (Lipinski definition) is 1. The largest absolute Gasteiger partial charge is 0.463 e. The number of aromatic nitrogens is 2. The number of carbonyl (C=O) groups is 1. The van der Waals surface area contributed by atoms with Gasteiger partial charge in [0.05, 0.1) is 6.61 Å². The molecule has 6 heteroatoms. The summed E-state index contributed by atoms with van der Waals surface area (Å²) in [6.07, 6.45) is 2.44. The molecule has 0 amide bonds. The van der Waals surface area contributed by atoms with Crippen molar-refractivity contribution in [1.29, 1.82) is 0 Å². The zero-order chi connectivity index (χ0) is 15.1. The lowest BCUT2D eigenvalue weighted by molar-refractivity contribution is -0.153. The molecular formula is C15H17N3O3. The Morgan fingerprint density at radius 2 is 1.86 bits per heavy atom. The Balaban J connectivity index is 2.07. The van der Waals surface area contributed by atoms with Gasteiger partial charge in [0.2, 0.25) is 12.2 Å². The Bertz CT molecular complexity index is 572. The lowest BCUT2D eigenvalue weighted by Crippen LogP contribution is -2.33. The molecule has 1 aromatic heterocycles. The first-order chi connectivity index (χ1) is 10.2. The van der Waals surface area contributed by atoms with Gasteiger partial charge in [0, 0.05) is 25.1 Å². The van der Waals surface area contributed by atoms with Crippen molar-refractivity contribution in [2.24, 2.45) is 0 Å². The second-order valence-electron chi connectivity index (χ2n) is 4.17. The van der Waals surface area contributed by atoms with E-state index in [0.717, 1.165) is 11.1 Å². The molecule has 2 rings (SSSR count). The highest BCUT2D eigenvalue weighted by Gasteiger charge is 2.19. The molecule has 0 spiro atoms. The van der Waals surface area contributed by atoms with Gasteiger partial charge >= 0.3 is 5.97 Å². The summed E-state index contributed by atoms with van der Waals surface area (Å²) in [5.41, 5.74) is 1.92. The highest BCUT2D eigenvalue weighted by Crippen LogP contribution is 2.17. The Kier molecular flexibility index (Phi) is 5.22. The maximum Gasteiger partial charge on any atom is 0.356 e. The quantitative estimate of drug-likeness (QED) is 0.648. The van der Waals surface area contributed by atoms with Gasteiger partial charge in [0.15, 0.2) is 0 Å². The van der Waals surface area contributed by atoms with Crippen LogP contribution in [-0.4, -0.2) is 35.9 Å². The van der Waals surface area contributed by atoms with E-state index in [2.05, 4.69) is 15.3 Å². The Morgan fingerprint density at radius 3 is 2.43 bits per heavy atom. The van der Waals surface area contributed by atoms with Crippen molar-refractivity contribution in [1.82, 2.24) is 9.97 Å². The van der Waals surface area contributed by atoms with E-state index in [1.165, 1.54) is 7.11 Å². The van der Waals surface area contributed by atoms with Crippen molar-refractivity contribution in [2.75, 3.05) is 19.0 Å². The minimum atomic E-state index is -0.924. The lowest BCUT2D eigenvalue weighted by Gasteiger charge is -2.15. The van der Waals surface area contributed by atoms with Crippen LogP contribution in [0.3, 0.4) is 0 Å². The molecule has 1 atom stereocenters. The van der Waals surface area contributed by atoms with Crippen LogP contribution < -0.4 is 5.32 Å². The van der Waals surface area contributed by atoms with Crippen molar-refractivity contribution >= 4 is 11.9 Å². The van der Waals surface area contributed by atoms with Crippen LogP contribution in [-0.2, 0) is 14.3 Å². The zero-order valence-electron chi connectivity index (χ0n) is 11.9. The van der Waals surface area contributed by atoms with Crippen molar-refractivity contribution in [3.8, 4) is 11.1 Å². The van der Waals surface area contributed by atoms with Crippen LogP contribution in [0.2, 0.25) is 0 Å². The van der Waals surface area contributed by atoms with Crippen LogP contribution in [0.1, 0.15) is 6.92 Å². The predicted octanol–water partition coefficient (Wildman–Crippen LogP) is 2.09. The number of benzene rings is 1. The lowest BCUT2D eigenvalue weighted by atomic mass is 10.1. The number of ether oxygens (including phenoxy) is 2. The van der Waals surface area contributed by atoms with Gasteiger partial charge in [-0.2, -0.15) is 0 Å². The number of esters is 1. The van der Waals surface area contributed by atoms with Gasteiger partial charge in [-0.05, 0) is 12.5 Å². The molecule has 0 saturated heterocycles. The number of carbonyl (C=O) groups excluding carboxylic acids is 1. The average Bonchev–Trinajstić information content (AvgIpc) is 2.54. The minimum absolute atomic E-state index is 0.286. The summed E-state index contributed by atoms with van der Waals surface area (Å²) in [7, 11) is 1.41. The van der Waals surface area contributed by atoms with E-state index in [4.69, 9.17) is 9.47 Å². The van der Waals surface area contributed by atoms with Crippen molar-refractivity contribution in [3.05, 3.63) is 42.7 Å². The number of rotatable bonds is 6. The smallest absolute Gasteiger partial charge is 0.356 e. The van der Waals surface area contributed by atoms with E-state index < -0.39 is 12.2 Å². The van der Waals surface area contributed by atoms with Crippen LogP contribution in [0.15, 0.2) is 42.7 Å². The van der Waals surface area contributed by atoms with Gasteiger partial charge in [-0.15, -0.1) is 0 Å². The Morgan fingerprint density at radius 1 is 1.19 bits per heavy atom. The standard InChI is InChI=1S/C15H17N3O3/c1-3-21-14(19)13(20-2)18-15-16-9-12(10-17-15)11-7-5-4-6-8-11/h4-10,13H,3H2,1-2H3,(H,16,17,18). The van der Waals surface area contributed by atoms with E-state index in [1.54, 1.807) is 19.3 Å². The molecule has 21 heavy (non-hydrogen) atoms. The predicted molar refractivity (Wildman–Crippen MR) is 78.5 cm³/mol. The molecular weight excluding hydrogens is 270 g/mol. The van der Waals surface area contributed by atoms with E-state index in [9.17, 15) is 4.79 Å². The molecule has 1 unspecified atom stereocenters. The van der Waals surface area contributed by atoms with Crippen LogP contribution in [0.4, 0.5) is 5.95 Å². The first-order valence-electron chi connectivity index (χ1n) is 6.58. The summed E-state index contributed by atoms with van der Waals surface area (Å²) in [5, 5.41) is 2.77. The molecule has 1 N–H and O–H groups in total. The van der Waals surface area contributed by atoms with Gasteiger partial charge < -0.3 is 14.8 Å². The molecule has 1 heterocycles. The summed E-state index contributed by atoms with van der Waals surface area (Å²) in [5.74, 6) is -0.203. The Labute approximate surface area is 123 Å². The monoisotopic (exact) mass is 287 g/mol. The summed E-state index contributed by atoms with van der Waals surface area (Å²) in [6.45, 7) is 2.02. The normalized spacial score (nSPS) is 11.7. The first-order valence-corrected chi connectivity index (χ1v) is 6.58. The number of methoxy groups -OCH3 is 1. The van der Waals surface area contributed by atoms with E-state index in [-0.39, 0.29) is 6.61 Å². The number of hydrogen-bond acceptors (Lipinski definition) is 6. The third-order valence-corrected chi connectivity index (χ3v) is 2.76. The van der Waals surface area contributed by atoms with Gasteiger partial charge in [-0.25, -0.2) is 14.8 Å². The second kappa shape index (κ2) is 7.35. The molecule has 0 saturated carbocycles. The fraction of sp³-hybridized carbons (Fsp3) is 0.267. The highest BCUT2D eigenvalue weighted by atomic mass is 16.6. The van der Waals surface area contributed by atoms with Crippen LogP contribution >= 0.6 is 0 Å². The molecule has 0 fully saturated rings. The van der Waals surface area contributed by atoms with E-state index >= 15 is 0 Å².